The van der Waals surface area contributed by atoms with Gasteiger partial charge >= 0.3 is 0 Å². The quantitative estimate of drug-likeness (QED) is 0.753. The molecule has 2 aromatic rings. The Bertz CT molecular complexity index is 594. The van der Waals surface area contributed by atoms with E-state index < -0.39 is 0 Å². The van der Waals surface area contributed by atoms with Gasteiger partial charge in [-0.3, -0.25) is 0 Å². The SMILES string of the molecule is NC(CSc1ccccc1Br)Cc1ccc(Cl)cc1F. The lowest BCUT2D eigenvalue weighted by atomic mass is 10.1. The van der Waals surface area contributed by atoms with Crippen molar-refractivity contribution in [1.82, 2.24) is 0 Å². The smallest absolute Gasteiger partial charge is 0.127 e. The van der Waals surface area contributed by atoms with Gasteiger partial charge in [0.25, 0.3) is 0 Å². The Morgan fingerprint density at radius 3 is 2.70 bits per heavy atom. The maximum Gasteiger partial charge on any atom is 0.127 e. The monoisotopic (exact) mass is 373 g/mol. The van der Waals surface area contributed by atoms with E-state index in [9.17, 15) is 4.39 Å². The number of benzene rings is 2. The van der Waals surface area contributed by atoms with Gasteiger partial charge in [-0.05, 0) is 52.2 Å². The zero-order valence-corrected chi connectivity index (χ0v) is 13.8. The highest BCUT2D eigenvalue weighted by Gasteiger charge is 2.10. The molecule has 0 aromatic heterocycles. The molecule has 0 heterocycles. The highest BCUT2D eigenvalue weighted by molar-refractivity contribution is 9.10. The zero-order chi connectivity index (χ0) is 14.5. The highest BCUT2D eigenvalue weighted by Crippen LogP contribution is 2.27. The van der Waals surface area contributed by atoms with Gasteiger partial charge < -0.3 is 5.73 Å². The second-order valence-corrected chi connectivity index (χ2v) is 6.79. The van der Waals surface area contributed by atoms with Gasteiger partial charge in [0.05, 0.1) is 0 Å². The normalized spacial score (nSPS) is 12.4. The fraction of sp³-hybridized carbons (Fsp3) is 0.200. The third-order valence-electron chi connectivity index (χ3n) is 2.79. The summed E-state index contributed by atoms with van der Waals surface area (Å²) < 4.78 is 14.7. The van der Waals surface area contributed by atoms with Crippen LogP contribution in [0.5, 0.6) is 0 Å². The molecule has 0 radical (unpaired) electrons. The van der Waals surface area contributed by atoms with Crippen molar-refractivity contribution in [3.8, 4) is 0 Å². The van der Waals surface area contributed by atoms with Crippen molar-refractivity contribution in [2.45, 2.75) is 17.4 Å². The first kappa shape index (κ1) is 15.8. The van der Waals surface area contributed by atoms with Gasteiger partial charge in [0.2, 0.25) is 0 Å². The molecule has 2 rings (SSSR count). The van der Waals surface area contributed by atoms with Crippen LogP contribution in [0, 0.1) is 5.82 Å². The summed E-state index contributed by atoms with van der Waals surface area (Å²) in [6, 6.07) is 12.6. The van der Waals surface area contributed by atoms with Crippen molar-refractivity contribution in [3.63, 3.8) is 0 Å². The number of hydrogen-bond acceptors (Lipinski definition) is 2. The Kier molecular flexibility index (Phi) is 5.90. The van der Waals surface area contributed by atoms with Crippen molar-refractivity contribution < 1.29 is 4.39 Å². The van der Waals surface area contributed by atoms with E-state index in [1.807, 2.05) is 24.3 Å². The molecule has 5 heteroatoms. The summed E-state index contributed by atoms with van der Waals surface area (Å²) in [7, 11) is 0. The standard InChI is InChI=1S/C15H14BrClFNS/c16-13-3-1-2-4-15(13)20-9-12(19)7-10-5-6-11(17)8-14(10)18/h1-6,8,12H,7,9,19H2. The summed E-state index contributed by atoms with van der Waals surface area (Å²) in [4.78, 5) is 1.14. The van der Waals surface area contributed by atoms with E-state index in [0.29, 0.717) is 17.0 Å². The molecule has 106 valence electrons. The van der Waals surface area contributed by atoms with Crippen LogP contribution < -0.4 is 5.73 Å². The first-order valence-corrected chi connectivity index (χ1v) is 8.29. The van der Waals surface area contributed by atoms with Gasteiger partial charge in [-0.1, -0.05) is 29.8 Å². The fourth-order valence-electron chi connectivity index (χ4n) is 1.79. The van der Waals surface area contributed by atoms with E-state index >= 15 is 0 Å². The summed E-state index contributed by atoms with van der Waals surface area (Å²) in [6.07, 6.45) is 0.500. The lowest BCUT2D eigenvalue weighted by molar-refractivity contribution is 0.597. The summed E-state index contributed by atoms with van der Waals surface area (Å²) in [5, 5.41) is 0.405. The highest BCUT2D eigenvalue weighted by atomic mass is 79.9. The van der Waals surface area contributed by atoms with E-state index in [0.717, 1.165) is 15.1 Å². The van der Waals surface area contributed by atoms with Crippen molar-refractivity contribution >= 4 is 39.3 Å². The van der Waals surface area contributed by atoms with Gasteiger partial charge in [-0.25, -0.2) is 4.39 Å². The molecule has 0 amide bonds. The fourth-order valence-corrected chi connectivity index (χ4v) is 3.47. The molecule has 0 saturated heterocycles. The molecule has 0 aliphatic carbocycles. The summed E-state index contributed by atoms with van der Waals surface area (Å²) in [5.74, 6) is 0.434. The Hall–Kier alpha value is -0.550. The van der Waals surface area contributed by atoms with E-state index in [2.05, 4.69) is 15.9 Å². The molecule has 0 spiro atoms. The van der Waals surface area contributed by atoms with Crippen molar-refractivity contribution in [1.29, 1.82) is 0 Å². The second-order valence-electron chi connectivity index (χ2n) is 4.44. The minimum absolute atomic E-state index is 0.109. The second kappa shape index (κ2) is 7.46. The largest absolute Gasteiger partial charge is 0.327 e. The minimum Gasteiger partial charge on any atom is -0.327 e. The lowest BCUT2D eigenvalue weighted by Gasteiger charge is -2.12. The van der Waals surface area contributed by atoms with Crippen LogP contribution in [0.15, 0.2) is 51.8 Å². The van der Waals surface area contributed by atoms with Crippen LogP contribution in [-0.2, 0) is 6.42 Å². The average molecular weight is 375 g/mol. The van der Waals surface area contributed by atoms with Crippen LogP contribution in [0.25, 0.3) is 0 Å². The summed E-state index contributed by atoms with van der Waals surface area (Å²) in [5.41, 5.74) is 6.68. The molecule has 2 aromatic carbocycles. The van der Waals surface area contributed by atoms with Crippen molar-refractivity contribution in [2.24, 2.45) is 5.73 Å². The number of halogens is 3. The molecule has 1 atom stereocenters. The third kappa shape index (κ3) is 4.48. The van der Waals surface area contributed by atoms with Crippen LogP contribution in [-0.4, -0.2) is 11.8 Å². The van der Waals surface area contributed by atoms with Crippen LogP contribution in [0.1, 0.15) is 5.56 Å². The van der Waals surface area contributed by atoms with Gasteiger partial charge in [-0.15, -0.1) is 11.8 Å². The maximum absolute atomic E-state index is 13.7. The van der Waals surface area contributed by atoms with Crippen LogP contribution in [0.3, 0.4) is 0 Å². The van der Waals surface area contributed by atoms with Crippen LogP contribution in [0.4, 0.5) is 4.39 Å². The third-order valence-corrected chi connectivity index (χ3v) is 5.24. The van der Waals surface area contributed by atoms with E-state index in [4.69, 9.17) is 17.3 Å². The van der Waals surface area contributed by atoms with Crippen molar-refractivity contribution in [2.75, 3.05) is 5.75 Å². The number of hydrogen-bond donors (Lipinski definition) is 1. The van der Waals surface area contributed by atoms with Gasteiger partial charge in [0.1, 0.15) is 5.82 Å². The Morgan fingerprint density at radius 2 is 2.00 bits per heavy atom. The predicted octanol–water partition coefficient (Wildman–Crippen LogP) is 4.90. The molecule has 0 saturated carbocycles. The first-order valence-electron chi connectivity index (χ1n) is 6.13. The van der Waals surface area contributed by atoms with E-state index in [1.54, 1.807) is 23.9 Å². The molecule has 20 heavy (non-hydrogen) atoms. The number of thioether (sulfide) groups is 1. The molecular weight excluding hydrogens is 361 g/mol. The predicted molar refractivity (Wildman–Crippen MR) is 88.0 cm³/mol. The number of rotatable bonds is 5. The average Bonchev–Trinajstić information content (AvgIpc) is 2.41. The molecule has 1 nitrogen and oxygen atoms in total. The minimum atomic E-state index is -0.293. The first-order chi connectivity index (χ1) is 9.56. The summed E-state index contributed by atoms with van der Waals surface area (Å²) >= 11 is 10.9. The Morgan fingerprint density at radius 1 is 1.25 bits per heavy atom. The topological polar surface area (TPSA) is 26.0 Å². The lowest BCUT2D eigenvalue weighted by Crippen LogP contribution is -2.26. The molecular formula is C15H14BrClFNS. The van der Waals surface area contributed by atoms with Crippen molar-refractivity contribution in [3.05, 3.63) is 63.3 Å². The van der Waals surface area contributed by atoms with Crippen LogP contribution >= 0.6 is 39.3 Å². The molecule has 0 aliphatic heterocycles. The maximum atomic E-state index is 13.7. The van der Waals surface area contributed by atoms with E-state index in [-0.39, 0.29) is 11.9 Å². The van der Waals surface area contributed by atoms with E-state index in [1.165, 1.54) is 6.07 Å². The Labute approximate surface area is 135 Å². The number of nitrogens with two attached hydrogens (primary N) is 1. The van der Waals surface area contributed by atoms with Gasteiger partial charge in [0, 0.05) is 26.2 Å². The van der Waals surface area contributed by atoms with Gasteiger partial charge in [0.15, 0.2) is 0 Å². The Balaban J connectivity index is 1.92. The molecule has 2 N–H and O–H groups in total. The molecule has 0 aliphatic rings. The summed E-state index contributed by atoms with van der Waals surface area (Å²) in [6.45, 7) is 0. The molecule has 1 unspecified atom stereocenters. The zero-order valence-electron chi connectivity index (χ0n) is 10.7. The molecule has 0 bridgehead atoms. The van der Waals surface area contributed by atoms with Gasteiger partial charge in [-0.2, -0.15) is 0 Å². The molecule has 0 fully saturated rings. The van der Waals surface area contributed by atoms with Crippen LogP contribution in [0.2, 0.25) is 5.02 Å².